The van der Waals surface area contributed by atoms with Crippen molar-refractivity contribution in [1.29, 1.82) is 0 Å². The molecule has 58 valence electrons. The van der Waals surface area contributed by atoms with Gasteiger partial charge >= 0.3 is 0 Å². The maximum Gasteiger partial charge on any atom is 0.0853 e. The second kappa shape index (κ2) is 5.21. The normalized spacial score (nSPS) is 10.7. The van der Waals surface area contributed by atoms with E-state index in [1.807, 2.05) is 0 Å². The number of quaternary nitrogens is 1. The molecule has 0 amide bonds. The molecule has 0 radical (unpaired) electrons. The van der Waals surface area contributed by atoms with Gasteiger partial charge in [-0.05, 0) is 6.42 Å². The van der Waals surface area contributed by atoms with E-state index in [2.05, 4.69) is 33.5 Å². The van der Waals surface area contributed by atoms with Crippen molar-refractivity contribution in [3.8, 4) is 0 Å². The highest BCUT2D eigenvalue weighted by Crippen LogP contribution is 1.80. The summed E-state index contributed by atoms with van der Waals surface area (Å²) in [6, 6.07) is 0. The van der Waals surface area contributed by atoms with Crippen molar-refractivity contribution in [3.05, 3.63) is 0 Å². The van der Waals surface area contributed by atoms with Gasteiger partial charge in [-0.3, -0.25) is 4.59 Å². The molecular formula is C6H17BrN2. The second-order valence-electron chi connectivity index (χ2n) is 2.92. The van der Waals surface area contributed by atoms with Gasteiger partial charge in [-0.2, -0.15) is 5.43 Å². The van der Waals surface area contributed by atoms with Crippen molar-refractivity contribution in [2.75, 3.05) is 27.7 Å². The molecule has 1 N–H and O–H groups in total. The van der Waals surface area contributed by atoms with Gasteiger partial charge in [-0.15, -0.1) is 0 Å². The monoisotopic (exact) mass is 196 g/mol. The number of nitrogens with zero attached hydrogens (tertiary/aromatic N) is 1. The fraction of sp³-hybridized carbons (Fsp3) is 1.00. The number of nitrogens with one attached hydrogen (secondary N) is 1. The van der Waals surface area contributed by atoms with Gasteiger partial charge < -0.3 is 17.0 Å². The van der Waals surface area contributed by atoms with Crippen LogP contribution in [0.5, 0.6) is 0 Å². The Kier molecular flexibility index (Phi) is 7.01. The molecule has 0 aromatic heterocycles. The van der Waals surface area contributed by atoms with Crippen molar-refractivity contribution in [2.45, 2.75) is 13.3 Å². The summed E-state index contributed by atoms with van der Waals surface area (Å²) in [6.07, 6.45) is 1.20. The van der Waals surface area contributed by atoms with Crippen LogP contribution in [0.25, 0.3) is 0 Å². The van der Waals surface area contributed by atoms with Crippen molar-refractivity contribution >= 4 is 0 Å². The Labute approximate surface area is 68.6 Å². The lowest BCUT2D eigenvalue weighted by Crippen LogP contribution is -3.00. The highest BCUT2D eigenvalue weighted by Gasteiger charge is 2.01. The molecule has 2 nitrogen and oxygen atoms in total. The third-order valence-electron chi connectivity index (χ3n) is 0.836. The van der Waals surface area contributed by atoms with Gasteiger partial charge in [0.25, 0.3) is 0 Å². The molecule has 3 heteroatoms. The minimum absolute atomic E-state index is 0. The summed E-state index contributed by atoms with van der Waals surface area (Å²) in [7, 11) is 6.36. The van der Waals surface area contributed by atoms with E-state index in [1.165, 1.54) is 6.42 Å². The fourth-order valence-electron chi connectivity index (χ4n) is 0.447. The molecule has 0 aromatic rings. The lowest BCUT2D eigenvalue weighted by molar-refractivity contribution is -0.915. The van der Waals surface area contributed by atoms with Crippen molar-refractivity contribution in [3.63, 3.8) is 0 Å². The van der Waals surface area contributed by atoms with Crippen LogP contribution in [0, 0.1) is 0 Å². The molecule has 0 fully saturated rings. The molecule has 0 bridgehead atoms. The Morgan fingerprint density at radius 3 is 1.78 bits per heavy atom. The van der Waals surface area contributed by atoms with E-state index >= 15 is 0 Å². The first-order valence-electron chi connectivity index (χ1n) is 3.13. The SMILES string of the molecule is CCCN[N+](C)(C)C.[Br-]. The summed E-state index contributed by atoms with van der Waals surface area (Å²) >= 11 is 0. The summed E-state index contributed by atoms with van der Waals surface area (Å²) in [5.74, 6) is 0. The van der Waals surface area contributed by atoms with Gasteiger partial charge in [-0.25, -0.2) is 0 Å². The Morgan fingerprint density at radius 1 is 1.22 bits per heavy atom. The van der Waals surface area contributed by atoms with Gasteiger partial charge in [0.15, 0.2) is 0 Å². The van der Waals surface area contributed by atoms with Crippen LogP contribution in [0.4, 0.5) is 0 Å². The summed E-state index contributed by atoms with van der Waals surface area (Å²) in [6.45, 7) is 3.27. The second-order valence-corrected chi connectivity index (χ2v) is 2.92. The van der Waals surface area contributed by atoms with Crippen LogP contribution < -0.4 is 22.4 Å². The highest BCUT2D eigenvalue weighted by atomic mass is 79.9. The van der Waals surface area contributed by atoms with Crippen molar-refractivity contribution < 1.29 is 21.6 Å². The minimum atomic E-state index is 0. The van der Waals surface area contributed by atoms with Crippen molar-refractivity contribution in [1.82, 2.24) is 5.43 Å². The lowest BCUT2D eigenvalue weighted by Gasteiger charge is -2.23. The molecule has 0 spiro atoms. The van der Waals surface area contributed by atoms with Crippen LogP contribution in [-0.4, -0.2) is 32.3 Å². The van der Waals surface area contributed by atoms with Crippen LogP contribution in [-0.2, 0) is 0 Å². The molecule has 0 aromatic carbocycles. The van der Waals surface area contributed by atoms with E-state index in [0.717, 1.165) is 11.1 Å². The van der Waals surface area contributed by atoms with Gasteiger partial charge in [0.05, 0.1) is 21.1 Å². The molecule has 0 rings (SSSR count). The van der Waals surface area contributed by atoms with Crippen LogP contribution in [0.1, 0.15) is 13.3 Å². The van der Waals surface area contributed by atoms with Crippen LogP contribution in [0.15, 0.2) is 0 Å². The number of rotatable bonds is 3. The molecular weight excluding hydrogens is 180 g/mol. The first kappa shape index (κ1) is 12.1. The largest absolute Gasteiger partial charge is 1.00 e. The topological polar surface area (TPSA) is 12.0 Å². The Bertz CT molecular complexity index is 58.6. The zero-order valence-corrected chi connectivity index (χ0v) is 8.33. The highest BCUT2D eigenvalue weighted by molar-refractivity contribution is 4.25. The summed E-state index contributed by atoms with van der Waals surface area (Å²) in [5.41, 5.74) is 3.31. The molecule has 0 atom stereocenters. The summed E-state index contributed by atoms with van der Waals surface area (Å²) in [4.78, 5) is 0. The minimum Gasteiger partial charge on any atom is -1.00 e. The molecule has 0 aliphatic heterocycles. The molecule has 0 heterocycles. The first-order chi connectivity index (χ1) is 3.56. The summed E-state index contributed by atoms with van der Waals surface area (Å²) in [5, 5.41) is 0. The Balaban J connectivity index is 0. The van der Waals surface area contributed by atoms with Gasteiger partial charge in [-0.1, -0.05) is 6.92 Å². The summed E-state index contributed by atoms with van der Waals surface area (Å²) < 4.78 is 0.855. The van der Waals surface area contributed by atoms with E-state index < -0.39 is 0 Å². The van der Waals surface area contributed by atoms with Crippen LogP contribution in [0.3, 0.4) is 0 Å². The smallest absolute Gasteiger partial charge is 0.0853 e. The van der Waals surface area contributed by atoms with E-state index in [1.54, 1.807) is 0 Å². The fourth-order valence-corrected chi connectivity index (χ4v) is 0.447. The number of hydrogen-bond donors (Lipinski definition) is 1. The molecule has 0 saturated carbocycles. The molecule has 0 saturated heterocycles. The maximum absolute atomic E-state index is 3.31. The van der Waals surface area contributed by atoms with Crippen LogP contribution >= 0.6 is 0 Å². The predicted molar refractivity (Wildman–Crippen MR) is 36.3 cm³/mol. The van der Waals surface area contributed by atoms with Crippen LogP contribution in [0.2, 0.25) is 0 Å². The third-order valence-corrected chi connectivity index (χ3v) is 0.836. The zero-order chi connectivity index (χ0) is 6.62. The van der Waals surface area contributed by atoms with E-state index in [-0.39, 0.29) is 17.0 Å². The first-order valence-corrected chi connectivity index (χ1v) is 3.13. The number of halogens is 1. The average molecular weight is 197 g/mol. The van der Waals surface area contributed by atoms with E-state index in [0.29, 0.717) is 0 Å². The van der Waals surface area contributed by atoms with Crippen molar-refractivity contribution in [2.24, 2.45) is 0 Å². The van der Waals surface area contributed by atoms with E-state index in [9.17, 15) is 0 Å². The Morgan fingerprint density at radius 2 is 1.67 bits per heavy atom. The Hall–Kier alpha value is 0.400. The molecule has 0 aliphatic carbocycles. The zero-order valence-electron chi connectivity index (χ0n) is 6.74. The molecule has 9 heavy (non-hydrogen) atoms. The average Bonchev–Trinajstić information content (AvgIpc) is 1.59. The standard InChI is InChI=1S/C6H17N2.BrH/c1-5-6-7-8(2,3)4;/h7H,5-6H2,1-4H3;1H/q+1;/p-1. The van der Waals surface area contributed by atoms with Gasteiger partial charge in [0.1, 0.15) is 0 Å². The maximum atomic E-state index is 3.31. The van der Waals surface area contributed by atoms with Gasteiger partial charge in [0.2, 0.25) is 0 Å². The molecule has 0 aliphatic rings. The quantitative estimate of drug-likeness (QED) is 0.393. The predicted octanol–water partition coefficient (Wildman–Crippen LogP) is -2.39. The van der Waals surface area contributed by atoms with E-state index in [4.69, 9.17) is 0 Å². The third kappa shape index (κ3) is 11.8. The van der Waals surface area contributed by atoms with Gasteiger partial charge in [0, 0.05) is 6.54 Å². The molecule has 0 unspecified atom stereocenters. The number of hydrogen-bond acceptors (Lipinski definition) is 1. The lowest BCUT2D eigenvalue weighted by atomic mass is 10.5.